The summed E-state index contributed by atoms with van der Waals surface area (Å²) in [4.78, 5) is 15.4. The van der Waals surface area contributed by atoms with E-state index in [1.165, 1.54) is 11.0 Å². The molecule has 0 fully saturated rings. The lowest BCUT2D eigenvalue weighted by molar-refractivity contribution is 0.0697. The van der Waals surface area contributed by atoms with Crippen LogP contribution < -0.4 is 0 Å². The summed E-state index contributed by atoms with van der Waals surface area (Å²) in [6.45, 7) is 0. The fourth-order valence-electron chi connectivity index (χ4n) is 1.89. The first kappa shape index (κ1) is 12.0. The number of hydrogen-bond donors (Lipinski definition) is 1. The van der Waals surface area contributed by atoms with Crippen molar-refractivity contribution in [1.29, 1.82) is 0 Å². The molecular weight excluding hydrogens is 258 g/mol. The highest BCUT2D eigenvalue weighted by molar-refractivity contribution is 5.93. The Morgan fingerprint density at radius 1 is 1.20 bits per heavy atom. The Labute approximate surface area is 113 Å². The van der Waals surface area contributed by atoms with Crippen molar-refractivity contribution in [2.45, 2.75) is 0 Å². The third-order valence-corrected chi connectivity index (χ3v) is 2.82. The smallest absolute Gasteiger partial charge is 0.337 e. The van der Waals surface area contributed by atoms with Gasteiger partial charge < -0.3 is 5.11 Å². The molecule has 0 aliphatic carbocycles. The second-order valence-corrected chi connectivity index (χ2v) is 4.03. The zero-order valence-electron chi connectivity index (χ0n) is 10.2. The van der Waals surface area contributed by atoms with Crippen LogP contribution in [0.25, 0.3) is 16.8 Å². The van der Waals surface area contributed by atoms with Crippen molar-refractivity contribution in [1.82, 2.24) is 25.2 Å². The van der Waals surface area contributed by atoms with Crippen molar-refractivity contribution in [3.63, 3.8) is 0 Å². The molecule has 7 heteroatoms. The van der Waals surface area contributed by atoms with Gasteiger partial charge in [0.05, 0.1) is 11.3 Å². The van der Waals surface area contributed by atoms with Gasteiger partial charge in [0.15, 0.2) is 0 Å². The van der Waals surface area contributed by atoms with E-state index in [1.54, 1.807) is 36.7 Å². The van der Waals surface area contributed by atoms with Gasteiger partial charge in [0, 0.05) is 18.0 Å². The summed E-state index contributed by atoms with van der Waals surface area (Å²) in [6.07, 6.45) is 4.69. The number of pyridine rings is 1. The summed E-state index contributed by atoms with van der Waals surface area (Å²) in [5.74, 6) is -1.04. The molecule has 0 aliphatic heterocycles. The maximum absolute atomic E-state index is 11.4. The average Bonchev–Trinajstić information content (AvgIpc) is 3.01. The topological polar surface area (TPSA) is 93.8 Å². The van der Waals surface area contributed by atoms with Gasteiger partial charge in [0.2, 0.25) is 0 Å². The molecule has 0 amide bonds. The Bertz CT molecular complexity index is 741. The van der Waals surface area contributed by atoms with E-state index in [4.69, 9.17) is 0 Å². The van der Waals surface area contributed by atoms with Crippen LogP contribution in [0.4, 0.5) is 0 Å². The molecule has 3 aromatic rings. The zero-order valence-corrected chi connectivity index (χ0v) is 10.2. The van der Waals surface area contributed by atoms with Crippen LogP contribution in [-0.4, -0.2) is 36.3 Å². The molecule has 3 rings (SSSR count). The number of nitrogens with zero attached hydrogens (tertiary/aromatic N) is 5. The number of benzene rings is 1. The highest BCUT2D eigenvalue weighted by Gasteiger charge is 2.14. The Morgan fingerprint density at radius 2 is 2.10 bits per heavy atom. The third kappa shape index (κ3) is 2.12. The lowest BCUT2D eigenvalue weighted by atomic mass is 10.0. The molecule has 2 heterocycles. The number of aromatic carboxylic acids is 1. The number of aromatic nitrogens is 5. The Morgan fingerprint density at radius 3 is 2.75 bits per heavy atom. The number of hydrogen-bond acceptors (Lipinski definition) is 5. The van der Waals surface area contributed by atoms with E-state index in [0.717, 1.165) is 11.1 Å². The van der Waals surface area contributed by atoms with Gasteiger partial charge in [-0.3, -0.25) is 4.98 Å². The second kappa shape index (κ2) is 4.88. The summed E-state index contributed by atoms with van der Waals surface area (Å²) in [5, 5.41) is 20.1. The SMILES string of the molecule is O=C(O)c1cc(-c2cccnc2)ccc1-n1cnnn1. The molecule has 2 aromatic heterocycles. The molecule has 0 spiro atoms. The van der Waals surface area contributed by atoms with Crippen molar-refractivity contribution in [3.05, 3.63) is 54.6 Å². The standard InChI is InChI=1S/C13H9N5O2/c19-13(20)11-6-9(10-2-1-5-14-7-10)3-4-12(11)18-8-15-16-17-18/h1-8H,(H,19,20). The van der Waals surface area contributed by atoms with Crippen molar-refractivity contribution in [2.75, 3.05) is 0 Å². The molecule has 20 heavy (non-hydrogen) atoms. The maximum Gasteiger partial charge on any atom is 0.337 e. The molecule has 1 aromatic carbocycles. The molecule has 0 saturated heterocycles. The first-order chi connectivity index (χ1) is 9.75. The van der Waals surface area contributed by atoms with E-state index in [0.29, 0.717) is 5.69 Å². The molecule has 0 unspecified atom stereocenters. The number of carboxylic acid groups (broad SMARTS) is 1. The minimum Gasteiger partial charge on any atom is -0.478 e. The molecule has 7 nitrogen and oxygen atoms in total. The van der Waals surface area contributed by atoms with Gasteiger partial charge in [-0.1, -0.05) is 12.1 Å². The lowest BCUT2D eigenvalue weighted by Gasteiger charge is -2.07. The summed E-state index contributed by atoms with van der Waals surface area (Å²) in [5.41, 5.74) is 2.15. The Balaban J connectivity index is 2.14. The van der Waals surface area contributed by atoms with Crippen molar-refractivity contribution < 1.29 is 9.90 Å². The van der Waals surface area contributed by atoms with Gasteiger partial charge in [0.25, 0.3) is 0 Å². The second-order valence-electron chi connectivity index (χ2n) is 4.03. The van der Waals surface area contributed by atoms with Gasteiger partial charge >= 0.3 is 5.97 Å². The molecule has 0 atom stereocenters. The molecule has 0 radical (unpaired) electrons. The Kier molecular flexibility index (Phi) is 2.92. The molecule has 1 N–H and O–H groups in total. The van der Waals surface area contributed by atoms with Crippen LogP contribution in [0.1, 0.15) is 10.4 Å². The first-order valence-electron chi connectivity index (χ1n) is 5.77. The van der Waals surface area contributed by atoms with E-state index in [-0.39, 0.29) is 5.56 Å². The zero-order chi connectivity index (χ0) is 13.9. The number of carbonyl (C=O) groups is 1. The van der Waals surface area contributed by atoms with Gasteiger partial charge in [-0.05, 0) is 34.2 Å². The molecule has 98 valence electrons. The molecule has 0 aliphatic rings. The largest absolute Gasteiger partial charge is 0.478 e. The van der Waals surface area contributed by atoms with Crippen LogP contribution in [0.5, 0.6) is 0 Å². The fraction of sp³-hybridized carbons (Fsp3) is 0. The first-order valence-corrected chi connectivity index (χ1v) is 5.77. The van der Waals surface area contributed by atoms with Crippen LogP contribution in [0.2, 0.25) is 0 Å². The Hall–Kier alpha value is -3.09. The number of carboxylic acids is 1. The summed E-state index contributed by atoms with van der Waals surface area (Å²) >= 11 is 0. The predicted molar refractivity (Wildman–Crippen MR) is 69.3 cm³/mol. The van der Waals surface area contributed by atoms with Gasteiger partial charge in [0.1, 0.15) is 6.33 Å². The van der Waals surface area contributed by atoms with Crippen LogP contribution >= 0.6 is 0 Å². The summed E-state index contributed by atoms with van der Waals surface area (Å²) in [7, 11) is 0. The maximum atomic E-state index is 11.4. The molecular formula is C13H9N5O2. The molecule has 0 bridgehead atoms. The normalized spacial score (nSPS) is 10.4. The molecule has 0 saturated carbocycles. The summed E-state index contributed by atoms with van der Waals surface area (Å²) < 4.78 is 1.32. The minimum absolute atomic E-state index is 0.124. The number of tetrazole rings is 1. The van der Waals surface area contributed by atoms with Crippen molar-refractivity contribution in [2.24, 2.45) is 0 Å². The van der Waals surface area contributed by atoms with Crippen LogP contribution in [0.15, 0.2) is 49.1 Å². The highest BCUT2D eigenvalue weighted by atomic mass is 16.4. The monoisotopic (exact) mass is 267 g/mol. The number of rotatable bonds is 3. The van der Waals surface area contributed by atoms with Crippen molar-refractivity contribution >= 4 is 5.97 Å². The van der Waals surface area contributed by atoms with Crippen molar-refractivity contribution in [3.8, 4) is 16.8 Å². The van der Waals surface area contributed by atoms with E-state index in [2.05, 4.69) is 20.5 Å². The van der Waals surface area contributed by atoms with Gasteiger partial charge in [-0.2, -0.15) is 4.68 Å². The highest BCUT2D eigenvalue weighted by Crippen LogP contribution is 2.23. The van der Waals surface area contributed by atoms with Gasteiger partial charge in [-0.25, -0.2) is 4.79 Å². The van der Waals surface area contributed by atoms with Crippen LogP contribution in [-0.2, 0) is 0 Å². The predicted octanol–water partition coefficient (Wildman–Crippen LogP) is 1.42. The fourth-order valence-corrected chi connectivity index (χ4v) is 1.89. The van der Waals surface area contributed by atoms with E-state index < -0.39 is 5.97 Å². The lowest BCUT2D eigenvalue weighted by Crippen LogP contribution is -2.06. The van der Waals surface area contributed by atoms with E-state index in [9.17, 15) is 9.90 Å². The quantitative estimate of drug-likeness (QED) is 0.771. The van der Waals surface area contributed by atoms with Gasteiger partial charge in [-0.15, -0.1) is 5.10 Å². The minimum atomic E-state index is -1.04. The van der Waals surface area contributed by atoms with E-state index in [1.807, 2.05) is 6.07 Å². The van der Waals surface area contributed by atoms with E-state index >= 15 is 0 Å². The van der Waals surface area contributed by atoms with Crippen LogP contribution in [0.3, 0.4) is 0 Å². The average molecular weight is 267 g/mol. The summed E-state index contributed by atoms with van der Waals surface area (Å²) in [6, 6.07) is 8.72. The van der Waals surface area contributed by atoms with Crippen LogP contribution in [0, 0.1) is 0 Å². The third-order valence-electron chi connectivity index (χ3n) is 2.82.